The Kier molecular flexibility index (Phi) is 4.34. The topological polar surface area (TPSA) is 9.23 Å². The van der Waals surface area contributed by atoms with E-state index in [0.717, 1.165) is 30.1 Å². The van der Waals surface area contributed by atoms with Crippen molar-refractivity contribution in [2.75, 3.05) is 6.61 Å². The van der Waals surface area contributed by atoms with E-state index in [2.05, 4.69) is 67.6 Å². The summed E-state index contributed by atoms with van der Waals surface area (Å²) in [5, 5.41) is 0. The van der Waals surface area contributed by atoms with Crippen LogP contribution in [0.25, 0.3) is 5.57 Å². The van der Waals surface area contributed by atoms with Gasteiger partial charge in [-0.1, -0.05) is 60.7 Å². The molecule has 0 radical (unpaired) electrons. The summed E-state index contributed by atoms with van der Waals surface area (Å²) in [7, 11) is 0. The summed E-state index contributed by atoms with van der Waals surface area (Å²) in [6.45, 7) is 3.07. The highest BCUT2D eigenvalue weighted by Crippen LogP contribution is 2.60. The first-order valence-corrected chi connectivity index (χ1v) is 10.7. The summed E-state index contributed by atoms with van der Waals surface area (Å²) in [5.74, 6) is 4.01. The molecule has 140 valence electrons. The molecular formula is C26H30O. The van der Waals surface area contributed by atoms with Gasteiger partial charge in [0.05, 0.1) is 6.61 Å². The average Bonchev–Trinajstić information content (AvgIpc) is 2.67. The number of allylic oxidation sites excluding steroid dienone is 1. The molecule has 2 aromatic carbocycles. The first-order valence-electron chi connectivity index (χ1n) is 10.7. The van der Waals surface area contributed by atoms with Crippen LogP contribution in [0.1, 0.15) is 56.6 Å². The fraction of sp³-hybridized carbons (Fsp3) is 0.462. The van der Waals surface area contributed by atoms with Crippen LogP contribution >= 0.6 is 0 Å². The summed E-state index contributed by atoms with van der Waals surface area (Å²) < 4.78 is 6.58. The molecule has 0 heterocycles. The third-order valence-corrected chi connectivity index (χ3v) is 7.24. The average molecular weight is 359 g/mol. The van der Waals surface area contributed by atoms with E-state index >= 15 is 0 Å². The van der Waals surface area contributed by atoms with Gasteiger partial charge in [-0.25, -0.2) is 0 Å². The molecule has 0 aliphatic heterocycles. The van der Waals surface area contributed by atoms with E-state index in [9.17, 15) is 0 Å². The molecule has 4 fully saturated rings. The van der Waals surface area contributed by atoms with E-state index in [1.165, 1.54) is 55.2 Å². The minimum atomic E-state index is 0.453. The molecule has 0 amide bonds. The van der Waals surface area contributed by atoms with Gasteiger partial charge in [0.15, 0.2) is 0 Å². The van der Waals surface area contributed by atoms with E-state index in [1.807, 2.05) is 0 Å². The second-order valence-electron chi connectivity index (χ2n) is 9.37. The lowest BCUT2D eigenvalue weighted by atomic mass is 9.50. The van der Waals surface area contributed by atoms with Gasteiger partial charge in [-0.3, -0.25) is 0 Å². The smallest absolute Gasteiger partial charge is 0.101 e. The van der Waals surface area contributed by atoms with Crippen LogP contribution in [0.3, 0.4) is 0 Å². The monoisotopic (exact) mass is 358 g/mol. The zero-order valence-electron chi connectivity index (χ0n) is 16.4. The van der Waals surface area contributed by atoms with Crippen LogP contribution in [0.5, 0.6) is 0 Å². The Morgan fingerprint density at radius 2 is 1.22 bits per heavy atom. The van der Waals surface area contributed by atoms with Gasteiger partial charge in [-0.15, -0.1) is 0 Å². The van der Waals surface area contributed by atoms with E-state index in [-0.39, 0.29) is 0 Å². The van der Waals surface area contributed by atoms with Crippen LogP contribution in [0, 0.1) is 23.2 Å². The highest BCUT2D eigenvalue weighted by molar-refractivity contribution is 5.80. The van der Waals surface area contributed by atoms with Gasteiger partial charge in [-0.05, 0) is 74.3 Å². The Balaban J connectivity index is 1.42. The summed E-state index contributed by atoms with van der Waals surface area (Å²) >= 11 is 0. The number of rotatable bonds is 5. The highest BCUT2D eigenvalue weighted by Gasteiger charge is 2.51. The van der Waals surface area contributed by atoms with E-state index in [4.69, 9.17) is 4.74 Å². The van der Waals surface area contributed by atoms with Crippen LogP contribution in [-0.4, -0.2) is 6.61 Å². The fourth-order valence-corrected chi connectivity index (χ4v) is 6.58. The molecule has 4 bridgehead atoms. The fourth-order valence-electron chi connectivity index (χ4n) is 6.58. The minimum absolute atomic E-state index is 0.453. The van der Waals surface area contributed by atoms with Crippen molar-refractivity contribution in [3.05, 3.63) is 77.5 Å². The van der Waals surface area contributed by atoms with Crippen molar-refractivity contribution in [3.8, 4) is 0 Å². The van der Waals surface area contributed by atoms with Crippen molar-refractivity contribution in [3.63, 3.8) is 0 Å². The predicted octanol–water partition coefficient (Wildman–Crippen LogP) is 6.70. The van der Waals surface area contributed by atoms with Gasteiger partial charge in [0, 0.05) is 11.0 Å². The Morgan fingerprint density at radius 1 is 0.778 bits per heavy atom. The van der Waals surface area contributed by atoms with Crippen LogP contribution in [-0.2, 0) is 4.74 Å². The van der Waals surface area contributed by atoms with Crippen molar-refractivity contribution in [2.45, 2.75) is 45.4 Å². The van der Waals surface area contributed by atoms with Crippen molar-refractivity contribution in [2.24, 2.45) is 23.2 Å². The zero-order chi connectivity index (χ0) is 18.3. The number of hydrogen-bond donors (Lipinski definition) is 0. The molecule has 4 saturated carbocycles. The third kappa shape index (κ3) is 3.33. The quantitative estimate of drug-likeness (QED) is 0.540. The molecule has 4 aliphatic rings. The molecule has 0 spiro atoms. The van der Waals surface area contributed by atoms with Gasteiger partial charge in [0.25, 0.3) is 0 Å². The molecular weight excluding hydrogens is 328 g/mol. The van der Waals surface area contributed by atoms with E-state index in [0.29, 0.717) is 5.41 Å². The van der Waals surface area contributed by atoms with Crippen LogP contribution in [0.2, 0.25) is 0 Å². The highest BCUT2D eigenvalue weighted by atomic mass is 16.5. The van der Waals surface area contributed by atoms with Gasteiger partial charge >= 0.3 is 0 Å². The van der Waals surface area contributed by atoms with Gasteiger partial charge in [0.1, 0.15) is 5.76 Å². The summed E-state index contributed by atoms with van der Waals surface area (Å²) in [6.07, 6.45) is 8.68. The van der Waals surface area contributed by atoms with Gasteiger partial charge in [0.2, 0.25) is 0 Å². The first kappa shape index (κ1) is 17.1. The van der Waals surface area contributed by atoms with Crippen LogP contribution in [0.4, 0.5) is 0 Å². The lowest BCUT2D eigenvalue weighted by molar-refractivity contribution is -0.0854. The Bertz CT molecular complexity index is 741. The molecule has 27 heavy (non-hydrogen) atoms. The second kappa shape index (κ2) is 6.86. The van der Waals surface area contributed by atoms with Gasteiger partial charge in [-0.2, -0.15) is 0 Å². The molecule has 0 N–H and O–H groups in total. The molecule has 4 aliphatic carbocycles. The Hall–Kier alpha value is -2.02. The Morgan fingerprint density at radius 3 is 1.67 bits per heavy atom. The maximum absolute atomic E-state index is 6.58. The van der Waals surface area contributed by atoms with Gasteiger partial charge < -0.3 is 4.74 Å². The number of hydrogen-bond acceptors (Lipinski definition) is 1. The largest absolute Gasteiger partial charge is 0.497 e. The first-order chi connectivity index (χ1) is 13.2. The third-order valence-electron chi connectivity index (χ3n) is 7.24. The lowest BCUT2D eigenvalue weighted by Gasteiger charge is -2.56. The second-order valence-corrected chi connectivity index (χ2v) is 9.37. The molecule has 0 atom stereocenters. The van der Waals surface area contributed by atoms with Crippen LogP contribution < -0.4 is 0 Å². The van der Waals surface area contributed by atoms with Crippen molar-refractivity contribution in [1.82, 2.24) is 0 Å². The lowest BCUT2D eigenvalue weighted by Crippen LogP contribution is -2.48. The zero-order valence-corrected chi connectivity index (χ0v) is 16.4. The standard InChI is InChI=1S/C26H30O/c1-19(25(23-8-4-2-5-9-23)24-10-6-3-7-11-24)27-18-26-15-20-12-21(16-26)14-22(13-20)17-26/h2-11,20-22H,12-18H2,1H3. The van der Waals surface area contributed by atoms with E-state index < -0.39 is 0 Å². The van der Waals surface area contributed by atoms with E-state index in [1.54, 1.807) is 0 Å². The molecule has 6 rings (SSSR count). The molecule has 1 nitrogen and oxygen atoms in total. The number of ether oxygens (including phenoxy) is 1. The molecule has 0 unspecified atom stereocenters. The SMILES string of the molecule is CC(OCC12CC3CC(CC(C3)C1)C2)=C(c1ccccc1)c1ccccc1. The minimum Gasteiger partial charge on any atom is -0.497 e. The normalized spacial score (nSPS) is 30.9. The maximum Gasteiger partial charge on any atom is 0.101 e. The summed E-state index contributed by atoms with van der Waals surface area (Å²) in [5.41, 5.74) is 4.17. The van der Waals surface area contributed by atoms with Crippen molar-refractivity contribution < 1.29 is 4.74 Å². The van der Waals surface area contributed by atoms with Crippen molar-refractivity contribution in [1.29, 1.82) is 0 Å². The molecule has 2 aromatic rings. The predicted molar refractivity (Wildman–Crippen MR) is 111 cm³/mol. The number of benzene rings is 2. The summed E-state index contributed by atoms with van der Waals surface area (Å²) in [4.78, 5) is 0. The molecule has 0 saturated heterocycles. The molecule has 0 aromatic heterocycles. The summed E-state index contributed by atoms with van der Waals surface area (Å²) in [6, 6.07) is 21.4. The van der Waals surface area contributed by atoms with Crippen LogP contribution in [0.15, 0.2) is 66.4 Å². The Labute approximate surface area is 163 Å². The maximum atomic E-state index is 6.58. The molecule has 1 heteroatoms. The van der Waals surface area contributed by atoms with Crippen molar-refractivity contribution >= 4 is 5.57 Å².